The smallest absolute Gasteiger partial charge is 0.274 e. The lowest BCUT2D eigenvalue weighted by Gasteiger charge is -2.41. The van der Waals surface area contributed by atoms with Crippen LogP contribution in [0.1, 0.15) is 53.7 Å². The van der Waals surface area contributed by atoms with E-state index in [9.17, 15) is 9.59 Å². The van der Waals surface area contributed by atoms with E-state index in [4.69, 9.17) is 16.8 Å². The number of carbonyl (C=O) groups is 2. The van der Waals surface area contributed by atoms with Crippen molar-refractivity contribution in [2.45, 2.75) is 37.6 Å². The van der Waals surface area contributed by atoms with Gasteiger partial charge in [0, 0.05) is 10.6 Å². The molecule has 1 aliphatic rings. The van der Waals surface area contributed by atoms with Gasteiger partial charge in [-0.25, -0.2) is 5.48 Å². The molecule has 0 bridgehead atoms. The minimum absolute atomic E-state index is 0.00995. The van der Waals surface area contributed by atoms with Crippen LogP contribution in [0.5, 0.6) is 0 Å². The molecular weight excluding hydrogens is 352 g/mol. The molecule has 3 rings (SSSR count). The van der Waals surface area contributed by atoms with E-state index in [1.165, 1.54) is 0 Å². The van der Waals surface area contributed by atoms with Crippen molar-refractivity contribution in [3.05, 3.63) is 70.2 Å². The molecule has 0 aromatic heterocycles. The first-order chi connectivity index (χ1) is 12.5. The summed E-state index contributed by atoms with van der Waals surface area (Å²) < 4.78 is 0. The van der Waals surface area contributed by atoms with Crippen LogP contribution in [0.3, 0.4) is 0 Å². The summed E-state index contributed by atoms with van der Waals surface area (Å²) in [7, 11) is 0. The zero-order chi connectivity index (χ0) is 18.7. The highest BCUT2D eigenvalue weighted by Crippen LogP contribution is 2.44. The lowest BCUT2D eigenvalue weighted by molar-refractivity contribution is -0.130. The number of rotatable bonds is 5. The maximum absolute atomic E-state index is 13.0. The average molecular weight is 373 g/mol. The van der Waals surface area contributed by atoms with Crippen molar-refractivity contribution in [1.82, 2.24) is 10.8 Å². The van der Waals surface area contributed by atoms with Gasteiger partial charge in [-0.1, -0.05) is 42.3 Å². The fraction of sp³-hybridized carbons (Fsp3) is 0.300. The Hall–Kier alpha value is -2.37. The summed E-state index contributed by atoms with van der Waals surface area (Å²) in [6, 6.07) is 14.1. The van der Waals surface area contributed by atoms with Crippen LogP contribution in [-0.4, -0.2) is 17.0 Å². The zero-order valence-electron chi connectivity index (χ0n) is 14.5. The largest absolute Gasteiger partial charge is 0.349 e. The summed E-state index contributed by atoms with van der Waals surface area (Å²) >= 11 is 5.97. The van der Waals surface area contributed by atoms with Crippen LogP contribution in [-0.2, 0) is 10.2 Å². The molecule has 1 atom stereocenters. The molecule has 1 unspecified atom stereocenters. The summed E-state index contributed by atoms with van der Waals surface area (Å²) in [6.45, 7) is 1.91. The monoisotopic (exact) mass is 372 g/mol. The van der Waals surface area contributed by atoms with Crippen LogP contribution < -0.4 is 10.8 Å². The number of halogens is 1. The van der Waals surface area contributed by atoms with E-state index in [0.717, 1.165) is 30.4 Å². The molecule has 0 spiro atoms. The molecular formula is C20H21ClN2O3. The lowest BCUT2D eigenvalue weighted by atomic mass is 9.63. The SMILES string of the molecule is CC(NC(=O)C1(c2ccc(Cl)cc2)CCC1)c1ccc(C(=O)NO)cc1. The maximum atomic E-state index is 13.0. The standard InChI is InChI=1S/C20H21ClN2O3/c1-13(14-3-5-15(6-4-14)18(24)23-26)22-19(25)20(11-2-12-20)16-7-9-17(21)10-8-16/h3-10,13,26H,2,11-12H2,1H3,(H,22,25)(H,23,24). The second-order valence-corrected chi connectivity index (χ2v) is 7.14. The van der Waals surface area contributed by atoms with Crippen molar-refractivity contribution in [3.63, 3.8) is 0 Å². The van der Waals surface area contributed by atoms with Gasteiger partial charge in [-0.2, -0.15) is 0 Å². The molecule has 0 saturated heterocycles. The lowest BCUT2D eigenvalue weighted by Crippen LogP contribution is -2.49. The average Bonchev–Trinajstić information content (AvgIpc) is 2.61. The number of carbonyl (C=O) groups excluding carboxylic acids is 2. The molecule has 0 radical (unpaired) electrons. The van der Waals surface area contributed by atoms with Gasteiger partial charge in [0.15, 0.2) is 0 Å². The summed E-state index contributed by atoms with van der Waals surface area (Å²) in [5.41, 5.74) is 3.34. The van der Waals surface area contributed by atoms with Crippen molar-refractivity contribution >= 4 is 23.4 Å². The first-order valence-corrected chi connectivity index (χ1v) is 8.95. The molecule has 2 aromatic carbocycles. The normalized spacial score (nSPS) is 16.3. The Morgan fingerprint density at radius 1 is 1.08 bits per heavy atom. The highest BCUT2D eigenvalue weighted by Gasteiger charge is 2.45. The maximum Gasteiger partial charge on any atom is 0.274 e. The number of hydrogen-bond acceptors (Lipinski definition) is 3. The zero-order valence-corrected chi connectivity index (χ0v) is 15.2. The Morgan fingerprint density at radius 2 is 1.69 bits per heavy atom. The molecule has 0 aliphatic heterocycles. The Kier molecular flexibility index (Phi) is 5.30. The van der Waals surface area contributed by atoms with E-state index in [-0.39, 0.29) is 11.9 Å². The van der Waals surface area contributed by atoms with Crippen molar-refractivity contribution in [2.24, 2.45) is 0 Å². The van der Waals surface area contributed by atoms with Gasteiger partial charge in [0.1, 0.15) is 0 Å². The number of hydroxylamine groups is 1. The van der Waals surface area contributed by atoms with Crippen molar-refractivity contribution in [1.29, 1.82) is 0 Å². The van der Waals surface area contributed by atoms with Crippen molar-refractivity contribution < 1.29 is 14.8 Å². The molecule has 1 fully saturated rings. The predicted octanol–water partition coefficient (Wildman–Crippen LogP) is 3.76. The molecule has 3 N–H and O–H groups in total. The number of benzene rings is 2. The van der Waals surface area contributed by atoms with E-state index < -0.39 is 11.3 Å². The molecule has 6 heteroatoms. The van der Waals surface area contributed by atoms with Gasteiger partial charge in [0.05, 0.1) is 11.5 Å². The molecule has 26 heavy (non-hydrogen) atoms. The van der Waals surface area contributed by atoms with Gasteiger partial charge >= 0.3 is 0 Å². The van der Waals surface area contributed by atoms with E-state index >= 15 is 0 Å². The van der Waals surface area contributed by atoms with Crippen LogP contribution in [0.25, 0.3) is 0 Å². The van der Waals surface area contributed by atoms with Crippen LogP contribution in [0.15, 0.2) is 48.5 Å². The van der Waals surface area contributed by atoms with Gasteiger partial charge in [-0.3, -0.25) is 14.8 Å². The Balaban J connectivity index is 1.73. The van der Waals surface area contributed by atoms with E-state index in [0.29, 0.717) is 10.6 Å². The number of amides is 2. The third-order valence-electron chi connectivity index (χ3n) is 5.16. The van der Waals surface area contributed by atoms with Crippen LogP contribution >= 0.6 is 11.6 Å². The number of nitrogens with one attached hydrogen (secondary N) is 2. The Morgan fingerprint density at radius 3 is 2.19 bits per heavy atom. The summed E-state index contributed by atoms with van der Waals surface area (Å²) in [6.07, 6.45) is 2.67. The third-order valence-corrected chi connectivity index (χ3v) is 5.41. The van der Waals surface area contributed by atoms with E-state index in [1.54, 1.807) is 29.7 Å². The molecule has 1 saturated carbocycles. The fourth-order valence-corrected chi connectivity index (χ4v) is 3.48. The topological polar surface area (TPSA) is 78.4 Å². The Bertz CT molecular complexity index is 799. The highest BCUT2D eigenvalue weighted by molar-refractivity contribution is 6.30. The quantitative estimate of drug-likeness (QED) is 0.552. The summed E-state index contributed by atoms with van der Waals surface area (Å²) in [4.78, 5) is 24.4. The van der Waals surface area contributed by atoms with Crippen LogP contribution in [0.4, 0.5) is 0 Å². The predicted molar refractivity (Wildman–Crippen MR) is 99.2 cm³/mol. The van der Waals surface area contributed by atoms with Crippen LogP contribution in [0, 0.1) is 0 Å². The molecule has 2 aromatic rings. The van der Waals surface area contributed by atoms with Crippen molar-refractivity contribution in [2.75, 3.05) is 0 Å². The van der Waals surface area contributed by atoms with Gasteiger partial charge in [0.25, 0.3) is 5.91 Å². The summed E-state index contributed by atoms with van der Waals surface area (Å²) in [5.74, 6) is -0.555. The Labute approximate surface area is 157 Å². The van der Waals surface area contributed by atoms with Crippen LogP contribution in [0.2, 0.25) is 5.02 Å². The van der Waals surface area contributed by atoms with Gasteiger partial charge in [0.2, 0.25) is 5.91 Å². The van der Waals surface area contributed by atoms with Crippen molar-refractivity contribution in [3.8, 4) is 0 Å². The minimum Gasteiger partial charge on any atom is -0.349 e. The van der Waals surface area contributed by atoms with E-state index in [1.807, 2.05) is 31.2 Å². The number of hydrogen-bond donors (Lipinski definition) is 3. The second kappa shape index (κ2) is 7.48. The first kappa shape index (κ1) is 18.4. The molecule has 1 aliphatic carbocycles. The van der Waals surface area contributed by atoms with Gasteiger partial charge in [-0.15, -0.1) is 0 Å². The third kappa shape index (κ3) is 3.45. The van der Waals surface area contributed by atoms with Gasteiger partial charge in [-0.05, 0) is 55.2 Å². The van der Waals surface area contributed by atoms with Gasteiger partial charge < -0.3 is 5.32 Å². The molecule has 5 nitrogen and oxygen atoms in total. The molecule has 0 heterocycles. The second-order valence-electron chi connectivity index (χ2n) is 6.70. The summed E-state index contributed by atoms with van der Waals surface area (Å²) in [5, 5.41) is 12.4. The molecule has 136 valence electrons. The van der Waals surface area contributed by atoms with E-state index in [2.05, 4.69) is 5.32 Å². The minimum atomic E-state index is -0.565. The fourth-order valence-electron chi connectivity index (χ4n) is 3.35. The molecule has 2 amide bonds. The highest BCUT2D eigenvalue weighted by atomic mass is 35.5. The first-order valence-electron chi connectivity index (χ1n) is 8.58.